The van der Waals surface area contributed by atoms with E-state index in [0.29, 0.717) is 42.5 Å². The molecule has 1 aromatic heterocycles. The second-order valence-electron chi connectivity index (χ2n) is 12.3. The summed E-state index contributed by atoms with van der Waals surface area (Å²) in [6, 6.07) is 3.74. The number of aliphatic carboxylic acids is 1. The Morgan fingerprint density at radius 3 is 2.58 bits per heavy atom. The number of amides is 1. The molecule has 6 aliphatic rings. The van der Waals surface area contributed by atoms with Gasteiger partial charge in [-0.2, -0.15) is 8.78 Å². The Labute approximate surface area is 226 Å². The van der Waals surface area contributed by atoms with Gasteiger partial charge in [-0.05, 0) is 87.2 Å². The number of anilines is 1. The zero-order valence-corrected chi connectivity index (χ0v) is 22.4. The van der Waals surface area contributed by atoms with E-state index >= 15 is 0 Å². The number of carboxylic acid groups (broad SMARTS) is 1. The molecule has 2 heterocycles. The molecule has 1 aliphatic heterocycles. The number of rotatable bonds is 9. The lowest BCUT2D eigenvalue weighted by molar-refractivity contribution is -0.260. The van der Waals surface area contributed by atoms with Crippen LogP contribution in [0.1, 0.15) is 81.0 Å². The maximum Gasteiger partial charge on any atom is 0.345 e. The molecule has 5 aliphatic carbocycles. The molecular weight excluding hydrogens is 512 g/mol. The van der Waals surface area contributed by atoms with Gasteiger partial charge in [-0.3, -0.25) is 9.59 Å². The number of alkyl halides is 2. The van der Waals surface area contributed by atoms with Gasteiger partial charge in [0.2, 0.25) is 0 Å². The van der Waals surface area contributed by atoms with E-state index in [2.05, 4.69) is 10.2 Å². The minimum absolute atomic E-state index is 0.0205. The predicted octanol–water partition coefficient (Wildman–Crippen LogP) is 5.33. The van der Waals surface area contributed by atoms with E-state index in [4.69, 9.17) is 9.72 Å². The molecule has 0 aromatic carbocycles. The van der Waals surface area contributed by atoms with Crippen LogP contribution in [-0.4, -0.2) is 58.6 Å². The Balaban J connectivity index is 1.19. The monoisotopic (exact) mass is 549 g/mol. The molecule has 6 fully saturated rings. The first-order chi connectivity index (χ1) is 18.3. The Morgan fingerprint density at radius 1 is 1.16 bits per heavy atom. The third-order valence-electron chi connectivity index (χ3n) is 9.60. The van der Waals surface area contributed by atoms with E-state index in [0.717, 1.165) is 49.5 Å². The third kappa shape index (κ3) is 5.40. The van der Waals surface area contributed by atoms with Crippen molar-refractivity contribution in [3.63, 3.8) is 0 Å². The van der Waals surface area contributed by atoms with Gasteiger partial charge in [0.15, 0.2) is 0 Å². The molecule has 3 atom stereocenters. The van der Waals surface area contributed by atoms with Crippen LogP contribution in [0.25, 0.3) is 0 Å². The van der Waals surface area contributed by atoms with Crippen molar-refractivity contribution in [3.05, 3.63) is 17.7 Å². The molecule has 2 unspecified atom stereocenters. The average Bonchev–Trinajstić information content (AvgIpc) is 3.52. The number of aromatic nitrogens is 1. The summed E-state index contributed by atoms with van der Waals surface area (Å²) in [5, 5.41) is 13.7. The Kier molecular flexibility index (Phi) is 7.31. The fourth-order valence-electron chi connectivity index (χ4n) is 8.24. The number of carboxylic acids is 1. The van der Waals surface area contributed by atoms with Gasteiger partial charge in [-0.15, -0.1) is 11.8 Å². The van der Waals surface area contributed by atoms with E-state index in [9.17, 15) is 23.5 Å². The zero-order chi connectivity index (χ0) is 26.4. The number of pyridine rings is 1. The van der Waals surface area contributed by atoms with Gasteiger partial charge in [-0.1, -0.05) is 12.8 Å². The molecule has 1 aromatic rings. The molecule has 4 bridgehead atoms. The largest absolute Gasteiger partial charge is 0.481 e. The number of nitrogens with one attached hydrogen (secondary N) is 1. The fraction of sp³-hybridized carbons (Fsp3) is 0.750. The van der Waals surface area contributed by atoms with E-state index in [1.807, 2.05) is 12.1 Å². The first kappa shape index (κ1) is 26.3. The van der Waals surface area contributed by atoms with Crippen LogP contribution in [0, 0.1) is 23.7 Å². The summed E-state index contributed by atoms with van der Waals surface area (Å²) in [6.45, 7) is -1.33. The van der Waals surface area contributed by atoms with Crippen LogP contribution in [0.5, 0.6) is 0 Å². The number of hydrogen-bond donors (Lipinski definition) is 2. The Morgan fingerprint density at radius 2 is 1.89 bits per heavy atom. The van der Waals surface area contributed by atoms with Crippen molar-refractivity contribution in [3.8, 4) is 0 Å². The second-order valence-corrected chi connectivity index (χ2v) is 13.6. The Bertz CT molecular complexity index is 1050. The molecule has 1 saturated heterocycles. The number of carbonyl (C=O) groups excluding carboxylic acids is 1. The molecule has 7 rings (SSSR count). The smallest absolute Gasteiger partial charge is 0.345 e. The van der Waals surface area contributed by atoms with Crippen LogP contribution in [0.3, 0.4) is 0 Å². The van der Waals surface area contributed by atoms with Crippen molar-refractivity contribution in [2.24, 2.45) is 23.7 Å². The van der Waals surface area contributed by atoms with Crippen LogP contribution >= 0.6 is 11.8 Å². The van der Waals surface area contributed by atoms with Crippen LogP contribution in [-0.2, 0) is 9.53 Å². The van der Waals surface area contributed by atoms with Gasteiger partial charge in [-0.25, -0.2) is 4.98 Å². The molecule has 0 radical (unpaired) electrons. The number of thioether (sulfide) groups is 1. The molecule has 7 nitrogen and oxygen atoms in total. The standard InChI is InChI=1S/C28H37F2N3O4S/c29-27(30)37-28-12-17-9-18(13-28)24(19(10-17)14-28)32-25(36)21-5-6-22(31-26(21)38-20-3-1-2-4-20)33-8-7-16(15-33)11-23(34)35/h5-6,16-20,24,27H,1-4,7-15H2,(H,32,36)(H,34,35)/t16-,17?,18?,19?,24-,28-/m0/s1. The van der Waals surface area contributed by atoms with Crippen molar-refractivity contribution in [1.29, 1.82) is 0 Å². The average molecular weight is 550 g/mol. The van der Waals surface area contributed by atoms with Crippen molar-refractivity contribution in [2.45, 2.75) is 99.2 Å². The summed E-state index contributed by atoms with van der Waals surface area (Å²) in [7, 11) is 0. The highest BCUT2D eigenvalue weighted by Crippen LogP contribution is 2.57. The van der Waals surface area contributed by atoms with Gasteiger partial charge < -0.3 is 20.1 Å². The molecule has 1 amide bonds. The molecule has 0 spiro atoms. The number of nitrogens with zero attached hydrogens (tertiary/aromatic N) is 2. The summed E-state index contributed by atoms with van der Waals surface area (Å²) in [6.07, 6.45) is 9.40. The van der Waals surface area contributed by atoms with E-state index in [-0.39, 0.29) is 36.1 Å². The summed E-state index contributed by atoms with van der Waals surface area (Å²) in [4.78, 5) is 32.0. The highest BCUT2D eigenvalue weighted by atomic mass is 32.2. The Hall–Kier alpha value is -1.94. The van der Waals surface area contributed by atoms with E-state index < -0.39 is 18.2 Å². The molecule has 38 heavy (non-hydrogen) atoms. The predicted molar refractivity (Wildman–Crippen MR) is 140 cm³/mol. The maximum absolute atomic E-state index is 13.7. The molecule has 2 N–H and O–H groups in total. The van der Waals surface area contributed by atoms with Gasteiger partial charge in [0.25, 0.3) is 5.91 Å². The first-order valence-electron chi connectivity index (χ1n) is 14.2. The normalized spacial score (nSPS) is 34.4. The van der Waals surface area contributed by atoms with Crippen molar-refractivity contribution < 1.29 is 28.2 Å². The lowest BCUT2D eigenvalue weighted by Crippen LogP contribution is -2.62. The van der Waals surface area contributed by atoms with Crippen molar-refractivity contribution in [2.75, 3.05) is 18.0 Å². The third-order valence-corrected chi connectivity index (χ3v) is 10.9. The molecule has 5 saturated carbocycles. The van der Waals surface area contributed by atoms with Crippen molar-refractivity contribution in [1.82, 2.24) is 10.3 Å². The molecule has 208 valence electrons. The lowest BCUT2D eigenvalue weighted by atomic mass is 9.52. The highest BCUT2D eigenvalue weighted by molar-refractivity contribution is 7.99. The summed E-state index contributed by atoms with van der Waals surface area (Å²) in [5.41, 5.74) is -0.147. The van der Waals surface area contributed by atoms with Crippen LogP contribution in [0.15, 0.2) is 17.2 Å². The van der Waals surface area contributed by atoms with Crippen molar-refractivity contribution >= 4 is 29.5 Å². The fourth-order valence-corrected chi connectivity index (χ4v) is 9.55. The zero-order valence-electron chi connectivity index (χ0n) is 21.6. The summed E-state index contributed by atoms with van der Waals surface area (Å²) >= 11 is 1.69. The topological polar surface area (TPSA) is 91.8 Å². The van der Waals surface area contributed by atoms with Gasteiger partial charge in [0.05, 0.1) is 11.2 Å². The van der Waals surface area contributed by atoms with Crippen LogP contribution < -0.4 is 10.2 Å². The lowest BCUT2D eigenvalue weighted by Gasteiger charge is -2.59. The number of carbonyl (C=O) groups is 2. The molecule has 10 heteroatoms. The summed E-state index contributed by atoms with van der Waals surface area (Å²) in [5.74, 6) is 0.741. The minimum Gasteiger partial charge on any atom is -0.481 e. The quantitative estimate of drug-likeness (QED) is 0.430. The second kappa shape index (κ2) is 10.6. The van der Waals surface area contributed by atoms with Gasteiger partial charge in [0.1, 0.15) is 10.8 Å². The van der Waals surface area contributed by atoms with Gasteiger partial charge >= 0.3 is 12.6 Å². The number of hydrogen-bond acceptors (Lipinski definition) is 6. The molecular formula is C28H37F2N3O4S. The van der Waals surface area contributed by atoms with Gasteiger partial charge in [0, 0.05) is 30.8 Å². The minimum atomic E-state index is -2.76. The number of halogens is 2. The van der Waals surface area contributed by atoms with E-state index in [1.165, 1.54) is 12.8 Å². The summed E-state index contributed by atoms with van der Waals surface area (Å²) < 4.78 is 31.5. The number of ether oxygens (including phenoxy) is 1. The van der Waals surface area contributed by atoms with Crippen LogP contribution in [0.2, 0.25) is 0 Å². The maximum atomic E-state index is 13.7. The highest BCUT2D eigenvalue weighted by Gasteiger charge is 2.57. The first-order valence-corrected chi connectivity index (χ1v) is 15.1. The SMILES string of the molecule is O=C(O)C[C@@H]1CCN(c2ccc(C(=O)N[C@H]3C4CC5CC3C[C@](OC(F)F)(C5)C4)c(SC3CCCC3)n2)C1. The van der Waals surface area contributed by atoms with E-state index in [1.54, 1.807) is 11.8 Å². The van der Waals surface area contributed by atoms with Crippen LogP contribution in [0.4, 0.5) is 14.6 Å².